The molecule has 0 aliphatic heterocycles. The van der Waals surface area contributed by atoms with Gasteiger partial charge < -0.3 is 15.1 Å². The molecule has 1 amide bonds. The number of nitrogens with zero attached hydrogens (tertiary/aromatic N) is 1. The van der Waals surface area contributed by atoms with Crippen molar-refractivity contribution in [2.24, 2.45) is 5.92 Å². The van der Waals surface area contributed by atoms with Crippen LogP contribution in [0.1, 0.15) is 0 Å². The quantitative estimate of drug-likeness (QED) is 0.724. The van der Waals surface area contributed by atoms with Crippen LogP contribution in [0.3, 0.4) is 0 Å². The predicted octanol–water partition coefficient (Wildman–Crippen LogP) is 0.540. The Morgan fingerprint density at radius 3 is 1.50 bits per heavy atom. The molecule has 0 bridgehead atoms. The monoisotopic (exact) mass is 283 g/mol. The molecular formula is C8H11F6NO3. The van der Waals surface area contributed by atoms with Gasteiger partial charge in [0.25, 0.3) is 0 Å². The second-order valence-electron chi connectivity index (χ2n) is 3.29. The zero-order chi connectivity index (χ0) is 14.6. The second-order valence-corrected chi connectivity index (χ2v) is 3.29. The highest BCUT2D eigenvalue weighted by Crippen LogP contribution is 2.40. The maximum atomic E-state index is 12.2. The van der Waals surface area contributed by atoms with Gasteiger partial charge in [-0.2, -0.15) is 26.3 Å². The number of amides is 1. The third-order valence-corrected chi connectivity index (χ3v) is 1.95. The lowest BCUT2D eigenvalue weighted by molar-refractivity contribution is -0.277. The minimum atomic E-state index is -5.78. The number of carbonyl (C=O) groups is 1. The molecule has 0 fully saturated rings. The van der Waals surface area contributed by atoms with Crippen molar-refractivity contribution in [1.82, 2.24) is 4.90 Å². The van der Waals surface area contributed by atoms with E-state index in [1.54, 1.807) is 0 Å². The van der Waals surface area contributed by atoms with Crippen molar-refractivity contribution >= 4 is 5.91 Å². The fourth-order valence-corrected chi connectivity index (χ4v) is 1.22. The largest absolute Gasteiger partial charge is 0.409 e. The summed E-state index contributed by atoms with van der Waals surface area (Å²) in [6, 6.07) is 0. The van der Waals surface area contributed by atoms with Gasteiger partial charge in [-0.15, -0.1) is 0 Å². The Hall–Kier alpha value is -1.03. The first-order valence-corrected chi connectivity index (χ1v) is 4.69. The Balaban J connectivity index is 5.17. The van der Waals surface area contributed by atoms with E-state index in [4.69, 9.17) is 10.2 Å². The van der Waals surface area contributed by atoms with Gasteiger partial charge in [-0.05, 0) is 0 Å². The van der Waals surface area contributed by atoms with E-state index in [-0.39, 0.29) is 4.90 Å². The number of aliphatic hydroxyl groups is 2. The fourth-order valence-electron chi connectivity index (χ4n) is 1.22. The zero-order valence-electron chi connectivity index (χ0n) is 8.92. The molecule has 0 saturated heterocycles. The van der Waals surface area contributed by atoms with Gasteiger partial charge in [0.1, 0.15) is 0 Å². The smallest absolute Gasteiger partial charge is 0.395 e. The summed E-state index contributed by atoms with van der Waals surface area (Å²) in [5.41, 5.74) is 0. The van der Waals surface area contributed by atoms with E-state index in [1.807, 2.05) is 0 Å². The predicted molar refractivity (Wildman–Crippen MR) is 46.4 cm³/mol. The van der Waals surface area contributed by atoms with E-state index < -0.39 is 50.5 Å². The summed E-state index contributed by atoms with van der Waals surface area (Å²) >= 11 is 0. The van der Waals surface area contributed by atoms with E-state index >= 15 is 0 Å². The number of halogens is 6. The van der Waals surface area contributed by atoms with Crippen molar-refractivity contribution in [3.8, 4) is 0 Å². The molecule has 0 atom stereocenters. The van der Waals surface area contributed by atoms with Gasteiger partial charge in [-0.1, -0.05) is 0 Å². The van der Waals surface area contributed by atoms with Gasteiger partial charge in [0.15, 0.2) is 0 Å². The van der Waals surface area contributed by atoms with Gasteiger partial charge in [0, 0.05) is 13.1 Å². The van der Waals surface area contributed by atoms with Gasteiger partial charge >= 0.3 is 12.4 Å². The van der Waals surface area contributed by atoms with E-state index in [1.165, 1.54) is 0 Å². The first kappa shape index (κ1) is 17.0. The Morgan fingerprint density at radius 2 is 1.28 bits per heavy atom. The van der Waals surface area contributed by atoms with Crippen LogP contribution in [0.2, 0.25) is 0 Å². The molecule has 0 saturated carbocycles. The molecule has 0 unspecified atom stereocenters. The lowest BCUT2D eigenvalue weighted by Crippen LogP contribution is -2.50. The van der Waals surface area contributed by atoms with Crippen molar-refractivity contribution in [3.63, 3.8) is 0 Å². The molecule has 0 aromatic heterocycles. The van der Waals surface area contributed by atoms with Gasteiger partial charge in [-0.3, -0.25) is 4.79 Å². The number of rotatable bonds is 5. The first-order chi connectivity index (χ1) is 8.05. The lowest BCUT2D eigenvalue weighted by atomic mass is 10.1. The molecule has 18 heavy (non-hydrogen) atoms. The molecule has 10 heteroatoms. The van der Waals surface area contributed by atoms with E-state index in [2.05, 4.69) is 0 Å². The molecule has 0 aliphatic carbocycles. The summed E-state index contributed by atoms with van der Waals surface area (Å²) in [6.07, 6.45) is -11.6. The summed E-state index contributed by atoms with van der Waals surface area (Å²) in [5.74, 6) is -6.39. The fraction of sp³-hybridized carbons (Fsp3) is 0.875. The Bertz CT molecular complexity index is 257. The minimum Gasteiger partial charge on any atom is -0.395 e. The highest BCUT2D eigenvalue weighted by Gasteiger charge is 2.61. The van der Waals surface area contributed by atoms with Crippen molar-refractivity contribution in [3.05, 3.63) is 0 Å². The van der Waals surface area contributed by atoms with E-state index in [0.717, 1.165) is 0 Å². The van der Waals surface area contributed by atoms with E-state index in [0.29, 0.717) is 0 Å². The van der Waals surface area contributed by atoms with Crippen molar-refractivity contribution in [1.29, 1.82) is 0 Å². The Kier molecular flexibility index (Phi) is 5.87. The number of hydrogen-bond donors (Lipinski definition) is 2. The molecule has 0 aromatic rings. The molecule has 0 aromatic carbocycles. The average molecular weight is 283 g/mol. The highest BCUT2D eigenvalue weighted by atomic mass is 19.4. The van der Waals surface area contributed by atoms with Crippen LogP contribution in [0.5, 0.6) is 0 Å². The Labute approximate surface area is 97.8 Å². The standard InChI is InChI=1S/C8H11F6NO3/c9-7(10,11)5(8(12,13)14)6(18)15(1-3-16)2-4-17/h5,16-17H,1-4H2. The molecule has 0 aliphatic rings. The summed E-state index contributed by atoms with van der Waals surface area (Å²) in [7, 11) is 0. The third kappa shape index (κ3) is 4.69. The topological polar surface area (TPSA) is 60.8 Å². The van der Waals surface area contributed by atoms with Gasteiger partial charge in [0.2, 0.25) is 11.8 Å². The van der Waals surface area contributed by atoms with Crippen LogP contribution in [0.15, 0.2) is 0 Å². The zero-order valence-corrected chi connectivity index (χ0v) is 8.92. The average Bonchev–Trinajstić information content (AvgIpc) is 2.12. The van der Waals surface area contributed by atoms with Crippen molar-refractivity contribution in [2.75, 3.05) is 26.3 Å². The maximum absolute atomic E-state index is 12.2. The van der Waals surface area contributed by atoms with Crippen LogP contribution in [0.4, 0.5) is 26.3 Å². The molecule has 0 rings (SSSR count). The molecular weight excluding hydrogens is 272 g/mol. The van der Waals surface area contributed by atoms with Crippen LogP contribution in [0, 0.1) is 5.92 Å². The summed E-state index contributed by atoms with van der Waals surface area (Å²) in [5, 5.41) is 16.9. The summed E-state index contributed by atoms with van der Waals surface area (Å²) < 4.78 is 73.3. The molecule has 4 nitrogen and oxygen atoms in total. The Morgan fingerprint density at radius 1 is 0.944 bits per heavy atom. The van der Waals surface area contributed by atoms with Gasteiger partial charge in [-0.25, -0.2) is 0 Å². The van der Waals surface area contributed by atoms with Gasteiger partial charge in [0.05, 0.1) is 13.2 Å². The van der Waals surface area contributed by atoms with Crippen LogP contribution in [-0.2, 0) is 4.79 Å². The summed E-state index contributed by atoms with van der Waals surface area (Å²) in [4.78, 5) is 11.3. The SMILES string of the molecule is O=C(C(C(F)(F)F)C(F)(F)F)N(CCO)CCO. The van der Waals surface area contributed by atoms with Crippen LogP contribution >= 0.6 is 0 Å². The van der Waals surface area contributed by atoms with Crippen LogP contribution in [-0.4, -0.2) is 59.7 Å². The normalized spacial score (nSPS) is 12.9. The van der Waals surface area contributed by atoms with Crippen LogP contribution in [0.25, 0.3) is 0 Å². The van der Waals surface area contributed by atoms with E-state index in [9.17, 15) is 31.1 Å². The lowest BCUT2D eigenvalue weighted by Gasteiger charge is -2.28. The molecule has 0 radical (unpaired) electrons. The molecule has 0 heterocycles. The molecule has 0 spiro atoms. The highest BCUT2D eigenvalue weighted by molar-refractivity contribution is 5.80. The van der Waals surface area contributed by atoms with Crippen molar-refractivity contribution < 1.29 is 41.4 Å². The molecule has 108 valence electrons. The third-order valence-electron chi connectivity index (χ3n) is 1.95. The second kappa shape index (κ2) is 6.23. The van der Waals surface area contributed by atoms with Crippen molar-refractivity contribution in [2.45, 2.75) is 12.4 Å². The maximum Gasteiger partial charge on any atom is 0.409 e. The summed E-state index contributed by atoms with van der Waals surface area (Å²) in [6.45, 7) is -3.06. The molecule has 2 N–H and O–H groups in total. The number of aliphatic hydroxyl groups excluding tert-OH is 2. The van der Waals surface area contributed by atoms with Crippen LogP contribution < -0.4 is 0 Å². The minimum absolute atomic E-state index is 0.117. The number of carbonyl (C=O) groups excluding carboxylic acids is 1. The number of hydrogen-bond acceptors (Lipinski definition) is 3. The number of alkyl halides is 6. The first-order valence-electron chi connectivity index (χ1n) is 4.69.